The highest BCUT2D eigenvalue weighted by Gasteiger charge is 2.52. The summed E-state index contributed by atoms with van der Waals surface area (Å²) >= 11 is 12.1. The Morgan fingerprint density at radius 1 is 1.16 bits per heavy atom. The highest BCUT2D eigenvalue weighted by Crippen LogP contribution is 2.50. The van der Waals surface area contributed by atoms with Crippen molar-refractivity contribution in [1.29, 1.82) is 0 Å². The van der Waals surface area contributed by atoms with Crippen LogP contribution in [-0.4, -0.2) is 53.7 Å². The first-order valence-electron chi connectivity index (χ1n) is 13.1. The second-order valence-electron chi connectivity index (χ2n) is 11.0. The molecule has 4 atom stereocenters. The SMILES string of the molecule is CC(=O)Oc1cccc(C23CCN(CC4CC4)CC2C(O)C[C@H](NC(=O)Cc2ccc(Cl)c(Cl)c2)C3)c1. The molecule has 0 radical (unpaired) electrons. The third kappa shape index (κ3) is 6.14. The lowest BCUT2D eigenvalue weighted by atomic mass is 9.57. The Balaban J connectivity index is 1.37. The van der Waals surface area contributed by atoms with E-state index in [1.807, 2.05) is 12.1 Å². The van der Waals surface area contributed by atoms with Gasteiger partial charge < -0.3 is 20.1 Å². The molecule has 2 saturated carbocycles. The number of fused-ring (bicyclic) bond motifs is 1. The van der Waals surface area contributed by atoms with E-state index in [0.717, 1.165) is 49.5 Å². The molecule has 0 bridgehead atoms. The molecule has 198 valence electrons. The molecule has 3 aliphatic rings. The number of rotatable bonds is 7. The fraction of sp³-hybridized carbons (Fsp3) is 0.517. The smallest absolute Gasteiger partial charge is 0.308 e. The zero-order chi connectivity index (χ0) is 26.2. The first kappa shape index (κ1) is 26.5. The van der Waals surface area contributed by atoms with Crippen molar-refractivity contribution in [3.63, 3.8) is 0 Å². The Labute approximate surface area is 228 Å². The molecule has 0 aromatic heterocycles. The summed E-state index contributed by atoms with van der Waals surface area (Å²) in [5.41, 5.74) is 1.53. The predicted molar refractivity (Wildman–Crippen MR) is 144 cm³/mol. The van der Waals surface area contributed by atoms with Gasteiger partial charge >= 0.3 is 5.97 Å². The van der Waals surface area contributed by atoms with Gasteiger partial charge in [-0.3, -0.25) is 9.59 Å². The molecule has 1 saturated heterocycles. The van der Waals surface area contributed by atoms with Crippen molar-refractivity contribution in [1.82, 2.24) is 10.2 Å². The summed E-state index contributed by atoms with van der Waals surface area (Å²) in [6.45, 7) is 4.27. The van der Waals surface area contributed by atoms with Crippen LogP contribution in [0.4, 0.5) is 0 Å². The van der Waals surface area contributed by atoms with Gasteiger partial charge in [0.15, 0.2) is 0 Å². The number of amides is 1. The van der Waals surface area contributed by atoms with E-state index in [-0.39, 0.29) is 35.7 Å². The second-order valence-corrected chi connectivity index (χ2v) is 11.8. The topological polar surface area (TPSA) is 78.9 Å². The summed E-state index contributed by atoms with van der Waals surface area (Å²) < 4.78 is 5.41. The van der Waals surface area contributed by atoms with Crippen molar-refractivity contribution in [2.24, 2.45) is 11.8 Å². The standard InChI is InChI=1S/C29H34Cl2N2O4/c1-18(34)37-23-4-2-3-21(13-23)29-9-10-33(16-19-5-6-19)17-24(29)27(35)14-22(15-29)32-28(36)12-20-7-8-25(30)26(31)11-20/h2-4,7-8,11,13,19,22,24,27,35H,5-6,9-10,12,14-17H2,1H3,(H,32,36)/t22-,24?,27?,29?/m0/s1. The average Bonchev–Trinajstić information content (AvgIpc) is 3.66. The van der Waals surface area contributed by atoms with Crippen LogP contribution in [0, 0.1) is 11.8 Å². The van der Waals surface area contributed by atoms with Crippen LogP contribution in [0.2, 0.25) is 10.0 Å². The number of aliphatic hydroxyl groups is 1. The molecule has 6 nitrogen and oxygen atoms in total. The highest BCUT2D eigenvalue weighted by molar-refractivity contribution is 6.42. The van der Waals surface area contributed by atoms with Crippen molar-refractivity contribution in [2.75, 3.05) is 19.6 Å². The van der Waals surface area contributed by atoms with E-state index < -0.39 is 6.10 Å². The van der Waals surface area contributed by atoms with Gasteiger partial charge in [0.25, 0.3) is 0 Å². The summed E-state index contributed by atoms with van der Waals surface area (Å²) in [7, 11) is 0. The normalized spacial score (nSPS) is 27.8. The Morgan fingerprint density at radius 2 is 1.97 bits per heavy atom. The predicted octanol–water partition coefficient (Wildman–Crippen LogP) is 4.77. The molecule has 2 aliphatic carbocycles. The van der Waals surface area contributed by atoms with Gasteiger partial charge in [0.2, 0.25) is 5.91 Å². The van der Waals surface area contributed by atoms with E-state index in [4.69, 9.17) is 27.9 Å². The Kier molecular flexibility index (Phi) is 7.83. The second kappa shape index (κ2) is 10.9. The summed E-state index contributed by atoms with van der Waals surface area (Å²) in [5, 5.41) is 15.5. The number of nitrogens with zero attached hydrogens (tertiary/aromatic N) is 1. The summed E-state index contributed by atoms with van der Waals surface area (Å²) in [5.74, 6) is 0.870. The van der Waals surface area contributed by atoms with E-state index in [1.165, 1.54) is 19.8 Å². The van der Waals surface area contributed by atoms with Gasteiger partial charge in [-0.05, 0) is 80.0 Å². The van der Waals surface area contributed by atoms with Crippen LogP contribution in [0.1, 0.15) is 50.2 Å². The fourth-order valence-electron chi connectivity index (χ4n) is 6.38. The Bertz CT molecular complexity index is 1170. The molecule has 1 aliphatic heterocycles. The number of halogens is 2. The minimum atomic E-state index is -0.552. The van der Waals surface area contributed by atoms with Crippen LogP contribution in [-0.2, 0) is 21.4 Å². The molecular weight excluding hydrogens is 511 g/mol. The third-order valence-electron chi connectivity index (χ3n) is 8.24. The van der Waals surface area contributed by atoms with Crippen LogP contribution in [0.25, 0.3) is 0 Å². The van der Waals surface area contributed by atoms with Crippen LogP contribution < -0.4 is 10.1 Å². The number of carbonyl (C=O) groups is 2. The first-order chi connectivity index (χ1) is 17.7. The lowest BCUT2D eigenvalue weighted by molar-refractivity contribution is -0.132. The van der Waals surface area contributed by atoms with Crippen LogP contribution >= 0.6 is 23.2 Å². The van der Waals surface area contributed by atoms with Crippen molar-refractivity contribution in [3.05, 3.63) is 63.6 Å². The zero-order valence-electron chi connectivity index (χ0n) is 21.1. The molecule has 3 fully saturated rings. The first-order valence-corrected chi connectivity index (χ1v) is 13.9. The molecule has 3 unspecified atom stereocenters. The van der Waals surface area contributed by atoms with E-state index in [1.54, 1.807) is 24.3 Å². The molecule has 8 heteroatoms. The van der Waals surface area contributed by atoms with Crippen LogP contribution in [0.15, 0.2) is 42.5 Å². The Hall–Kier alpha value is -2.12. The van der Waals surface area contributed by atoms with Crippen molar-refractivity contribution in [2.45, 2.75) is 63.0 Å². The number of hydrogen-bond acceptors (Lipinski definition) is 5. The Morgan fingerprint density at radius 3 is 2.70 bits per heavy atom. The minimum Gasteiger partial charge on any atom is -0.427 e. The van der Waals surface area contributed by atoms with Crippen molar-refractivity contribution in [3.8, 4) is 5.75 Å². The quantitative estimate of drug-likeness (QED) is 0.387. The number of aliphatic hydroxyl groups excluding tert-OH is 1. The molecule has 2 N–H and O–H groups in total. The van der Waals surface area contributed by atoms with Gasteiger partial charge in [0, 0.05) is 37.4 Å². The average molecular weight is 546 g/mol. The van der Waals surface area contributed by atoms with Crippen LogP contribution in [0.5, 0.6) is 5.75 Å². The number of nitrogens with one attached hydrogen (secondary N) is 1. The fourth-order valence-corrected chi connectivity index (χ4v) is 6.70. The van der Waals surface area contributed by atoms with Crippen LogP contribution in [0.3, 0.4) is 0 Å². The molecule has 2 aromatic carbocycles. The zero-order valence-corrected chi connectivity index (χ0v) is 22.6. The third-order valence-corrected chi connectivity index (χ3v) is 8.98. The van der Waals surface area contributed by atoms with Gasteiger partial charge in [-0.2, -0.15) is 0 Å². The van der Waals surface area contributed by atoms with E-state index >= 15 is 0 Å². The van der Waals surface area contributed by atoms with Crippen molar-refractivity contribution >= 4 is 35.1 Å². The maximum atomic E-state index is 13.0. The monoisotopic (exact) mass is 544 g/mol. The molecular formula is C29H34Cl2N2O4. The molecule has 1 heterocycles. The molecule has 0 spiro atoms. The van der Waals surface area contributed by atoms with Gasteiger partial charge in [0.05, 0.1) is 22.6 Å². The molecule has 1 amide bonds. The summed E-state index contributed by atoms with van der Waals surface area (Å²) in [6, 6.07) is 12.8. The summed E-state index contributed by atoms with van der Waals surface area (Å²) in [4.78, 5) is 27.1. The number of esters is 1. The lowest BCUT2D eigenvalue weighted by Crippen LogP contribution is -2.61. The molecule has 2 aromatic rings. The van der Waals surface area contributed by atoms with Gasteiger partial charge in [-0.1, -0.05) is 41.4 Å². The van der Waals surface area contributed by atoms with Crippen molar-refractivity contribution < 1.29 is 19.4 Å². The van der Waals surface area contributed by atoms with Gasteiger partial charge in [0.1, 0.15) is 5.75 Å². The van der Waals surface area contributed by atoms with Gasteiger partial charge in [-0.15, -0.1) is 0 Å². The summed E-state index contributed by atoms with van der Waals surface area (Å²) in [6.07, 6.45) is 4.35. The van der Waals surface area contributed by atoms with E-state index in [0.29, 0.717) is 22.2 Å². The highest BCUT2D eigenvalue weighted by atomic mass is 35.5. The number of likely N-dealkylation sites (tertiary alicyclic amines) is 1. The number of piperidine rings is 1. The number of ether oxygens (including phenoxy) is 1. The molecule has 5 rings (SSSR count). The lowest BCUT2D eigenvalue weighted by Gasteiger charge is -2.55. The minimum absolute atomic E-state index is 0.0378. The maximum absolute atomic E-state index is 13.0. The number of hydrogen-bond donors (Lipinski definition) is 2. The van der Waals surface area contributed by atoms with Gasteiger partial charge in [-0.25, -0.2) is 0 Å². The maximum Gasteiger partial charge on any atom is 0.308 e. The number of carbonyl (C=O) groups excluding carboxylic acids is 2. The largest absolute Gasteiger partial charge is 0.427 e. The van der Waals surface area contributed by atoms with E-state index in [9.17, 15) is 14.7 Å². The molecule has 37 heavy (non-hydrogen) atoms. The van der Waals surface area contributed by atoms with E-state index in [2.05, 4.69) is 16.3 Å². The number of benzene rings is 2.